The molecule has 1 saturated heterocycles. The van der Waals surface area contributed by atoms with Gasteiger partial charge in [0.1, 0.15) is 17.3 Å². The summed E-state index contributed by atoms with van der Waals surface area (Å²) in [6.07, 6.45) is 1.84. The van der Waals surface area contributed by atoms with Crippen LogP contribution < -0.4 is 0 Å². The number of rotatable bonds is 4. The van der Waals surface area contributed by atoms with Crippen LogP contribution in [-0.2, 0) is 11.3 Å². The topological polar surface area (TPSA) is 72.1 Å². The van der Waals surface area contributed by atoms with Gasteiger partial charge in [0.2, 0.25) is 17.6 Å². The monoisotopic (exact) mass is 356 g/mol. The van der Waals surface area contributed by atoms with Crippen LogP contribution in [0.5, 0.6) is 0 Å². The number of amides is 1. The Labute approximate surface area is 147 Å². The zero-order chi connectivity index (χ0) is 18.1. The van der Waals surface area contributed by atoms with Crippen molar-refractivity contribution in [1.82, 2.24) is 20.0 Å². The van der Waals surface area contributed by atoms with E-state index >= 15 is 0 Å². The Morgan fingerprint density at radius 1 is 1.19 bits per heavy atom. The molecule has 0 radical (unpaired) electrons. The molecule has 8 heteroatoms. The van der Waals surface area contributed by atoms with E-state index < -0.39 is 11.6 Å². The van der Waals surface area contributed by atoms with Gasteiger partial charge in [0, 0.05) is 31.8 Å². The van der Waals surface area contributed by atoms with Crippen LogP contribution in [0, 0.1) is 11.6 Å². The maximum atomic E-state index is 13.3. The lowest BCUT2D eigenvalue weighted by Gasteiger charge is -2.16. The standard InChI is InChI=1S/C18H14F2N4O2/c19-13-5-11(6-14(20)8-13)9-24-10-12(7-16(24)25)18-22-17(23-26-18)15-3-1-2-4-21-15/h1-6,8,12H,7,9-10H2/t12-/m1/s1. The largest absolute Gasteiger partial charge is 0.339 e. The van der Waals surface area contributed by atoms with Crippen molar-refractivity contribution in [2.45, 2.75) is 18.9 Å². The molecule has 26 heavy (non-hydrogen) atoms. The van der Waals surface area contributed by atoms with Crippen LogP contribution in [0.3, 0.4) is 0 Å². The van der Waals surface area contributed by atoms with Crippen molar-refractivity contribution >= 4 is 5.91 Å². The van der Waals surface area contributed by atoms with E-state index in [0.717, 1.165) is 6.07 Å². The van der Waals surface area contributed by atoms with E-state index in [0.29, 0.717) is 29.5 Å². The van der Waals surface area contributed by atoms with Gasteiger partial charge in [0.25, 0.3) is 0 Å². The van der Waals surface area contributed by atoms with E-state index in [9.17, 15) is 13.6 Å². The molecule has 132 valence electrons. The highest BCUT2D eigenvalue weighted by Gasteiger charge is 2.34. The third-order valence-corrected chi connectivity index (χ3v) is 4.20. The lowest BCUT2D eigenvalue weighted by atomic mass is 10.1. The maximum Gasteiger partial charge on any atom is 0.232 e. The smallest absolute Gasteiger partial charge is 0.232 e. The summed E-state index contributed by atoms with van der Waals surface area (Å²) in [6, 6.07) is 8.60. The predicted octanol–water partition coefficient (Wildman–Crippen LogP) is 2.93. The van der Waals surface area contributed by atoms with Crippen LogP contribution in [0.1, 0.15) is 23.8 Å². The summed E-state index contributed by atoms with van der Waals surface area (Å²) in [6.45, 7) is 0.478. The fraction of sp³-hybridized carbons (Fsp3) is 0.222. The summed E-state index contributed by atoms with van der Waals surface area (Å²) < 4.78 is 31.9. The molecule has 1 aliphatic rings. The van der Waals surface area contributed by atoms with E-state index in [4.69, 9.17) is 4.52 Å². The van der Waals surface area contributed by atoms with Gasteiger partial charge in [-0.3, -0.25) is 9.78 Å². The Balaban J connectivity index is 1.49. The van der Waals surface area contributed by atoms with Gasteiger partial charge in [0.05, 0.1) is 5.92 Å². The fourth-order valence-corrected chi connectivity index (χ4v) is 3.01. The minimum Gasteiger partial charge on any atom is -0.339 e. The highest BCUT2D eigenvalue weighted by molar-refractivity contribution is 5.79. The van der Waals surface area contributed by atoms with Crippen molar-refractivity contribution in [3.63, 3.8) is 0 Å². The van der Waals surface area contributed by atoms with Gasteiger partial charge in [-0.15, -0.1) is 0 Å². The Morgan fingerprint density at radius 3 is 2.73 bits per heavy atom. The first kappa shape index (κ1) is 16.3. The molecule has 3 aromatic rings. The highest BCUT2D eigenvalue weighted by atomic mass is 19.1. The Bertz CT molecular complexity index is 925. The molecule has 1 fully saturated rings. The summed E-state index contributed by atoms with van der Waals surface area (Å²) in [5.74, 6) is -1.01. The van der Waals surface area contributed by atoms with Crippen LogP contribution in [0.25, 0.3) is 11.5 Å². The number of halogens is 2. The zero-order valence-corrected chi connectivity index (χ0v) is 13.6. The molecule has 0 saturated carbocycles. The van der Waals surface area contributed by atoms with E-state index in [1.54, 1.807) is 18.3 Å². The second-order valence-corrected chi connectivity index (χ2v) is 6.12. The lowest BCUT2D eigenvalue weighted by Crippen LogP contribution is -2.24. The molecule has 4 rings (SSSR count). The number of likely N-dealkylation sites (tertiary alicyclic amines) is 1. The van der Waals surface area contributed by atoms with Gasteiger partial charge in [-0.25, -0.2) is 8.78 Å². The van der Waals surface area contributed by atoms with E-state index in [1.807, 2.05) is 6.07 Å². The molecule has 0 unspecified atom stereocenters. The minimum atomic E-state index is -0.667. The SMILES string of the molecule is O=C1C[C@@H](c2nc(-c3ccccn3)no2)CN1Cc1cc(F)cc(F)c1. The minimum absolute atomic E-state index is 0.128. The Kier molecular flexibility index (Phi) is 4.16. The van der Waals surface area contributed by atoms with Crippen molar-refractivity contribution in [3.05, 3.63) is 65.7 Å². The molecule has 0 aliphatic carbocycles. The van der Waals surface area contributed by atoms with Gasteiger partial charge in [-0.2, -0.15) is 4.98 Å². The van der Waals surface area contributed by atoms with Gasteiger partial charge in [0.15, 0.2) is 0 Å². The molecule has 1 aliphatic heterocycles. The van der Waals surface area contributed by atoms with Gasteiger partial charge >= 0.3 is 0 Å². The Morgan fingerprint density at radius 2 is 2.00 bits per heavy atom. The number of pyridine rings is 1. The molecule has 0 N–H and O–H groups in total. The molecule has 3 heterocycles. The molecular formula is C18H14F2N4O2. The average molecular weight is 356 g/mol. The molecule has 6 nitrogen and oxygen atoms in total. The normalized spacial score (nSPS) is 17.1. The number of carbonyl (C=O) groups is 1. The average Bonchev–Trinajstić information content (AvgIpc) is 3.22. The van der Waals surface area contributed by atoms with Crippen molar-refractivity contribution in [3.8, 4) is 11.5 Å². The molecular weight excluding hydrogens is 342 g/mol. The second-order valence-electron chi connectivity index (χ2n) is 6.12. The van der Waals surface area contributed by atoms with E-state index in [2.05, 4.69) is 15.1 Å². The third kappa shape index (κ3) is 3.30. The van der Waals surface area contributed by atoms with Gasteiger partial charge < -0.3 is 9.42 Å². The number of carbonyl (C=O) groups excluding carboxylic acids is 1. The molecule has 1 aromatic carbocycles. The molecule has 0 spiro atoms. The lowest BCUT2D eigenvalue weighted by molar-refractivity contribution is -0.128. The first-order valence-corrected chi connectivity index (χ1v) is 8.06. The third-order valence-electron chi connectivity index (χ3n) is 4.20. The quantitative estimate of drug-likeness (QED) is 0.719. The molecule has 1 amide bonds. The predicted molar refractivity (Wildman–Crippen MR) is 86.7 cm³/mol. The zero-order valence-electron chi connectivity index (χ0n) is 13.6. The Hall–Kier alpha value is -3.16. The number of hydrogen-bond acceptors (Lipinski definition) is 5. The summed E-state index contributed by atoms with van der Waals surface area (Å²) in [4.78, 5) is 22.3. The summed E-state index contributed by atoms with van der Waals surface area (Å²) in [5, 5.41) is 3.91. The summed E-state index contributed by atoms with van der Waals surface area (Å²) >= 11 is 0. The number of nitrogens with zero attached hydrogens (tertiary/aromatic N) is 4. The maximum absolute atomic E-state index is 13.3. The van der Waals surface area contributed by atoms with Crippen molar-refractivity contribution in [2.75, 3.05) is 6.54 Å². The molecule has 2 aromatic heterocycles. The number of hydrogen-bond donors (Lipinski definition) is 0. The van der Waals surface area contributed by atoms with Crippen LogP contribution in [-0.4, -0.2) is 32.5 Å². The van der Waals surface area contributed by atoms with Gasteiger partial charge in [-0.05, 0) is 29.8 Å². The van der Waals surface area contributed by atoms with Crippen molar-refractivity contribution in [1.29, 1.82) is 0 Å². The first-order valence-electron chi connectivity index (χ1n) is 8.06. The van der Waals surface area contributed by atoms with Crippen LogP contribution >= 0.6 is 0 Å². The van der Waals surface area contributed by atoms with Crippen LogP contribution in [0.15, 0.2) is 47.1 Å². The molecule has 1 atom stereocenters. The second kappa shape index (κ2) is 6.62. The van der Waals surface area contributed by atoms with E-state index in [-0.39, 0.29) is 24.8 Å². The van der Waals surface area contributed by atoms with Crippen LogP contribution in [0.2, 0.25) is 0 Å². The number of aromatic nitrogens is 3. The summed E-state index contributed by atoms with van der Waals surface area (Å²) in [7, 11) is 0. The highest BCUT2D eigenvalue weighted by Crippen LogP contribution is 2.29. The van der Waals surface area contributed by atoms with Gasteiger partial charge in [-0.1, -0.05) is 11.2 Å². The van der Waals surface area contributed by atoms with Crippen LogP contribution in [0.4, 0.5) is 8.78 Å². The fourth-order valence-electron chi connectivity index (χ4n) is 3.01. The van der Waals surface area contributed by atoms with Crippen molar-refractivity contribution < 1.29 is 18.1 Å². The first-order chi connectivity index (χ1) is 12.6. The number of benzene rings is 1. The summed E-state index contributed by atoms with van der Waals surface area (Å²) in [5.41, 5.74) is 0.982. The molecule has 0 bridgehead atoms. The van der Waals surface area contributed by atoms with E-state index in [1.165, 1.54) is 17.0 Å². The van der Waals surface area contributed by atoms with Crippen molar-refractivity contribution in [2.24, 2.45) is 0 Å².